The van der Waals surface area contributed by atoms with Gasteiger partial charge in [-0.3, -0.25) is 0 Å². The summed E-state index contributed by atoms with van der Waals surface area (Å²) in [5.41, 5.74) is 0. The second-order valence-corrected chi connectivity index (χ2v) is 1.56. The summed E-state index contributed by atoms with van der Waals surface area (Å²) in [6.45, 7) is 0.375. The molecular weight excluding hydrogens is 174 g/mol. The van der Waals surface area contributed by atoms with Crippen LogP contribution >= 0.6 is 0 Å². The lowest BCUT2D eigenvalue weighted by molar-refractivity contribution is -0.111. The normalized spacial score (nSPS) is 10.9. The predicted molar refractivity (Wildman–Crippen MR) is 30.2 cm³/mol. The fourth-order valence-electron chi connectivity index (χ4n) is 0. The van der Waals surface area contributed by atoms with Crippen molar-refractivity contribution in [3.63, 3.8) is 0 Å². The topological polar surface area (TPSA) is 0 Å². The highest BCUT2D eigenvalue weighted by Crippen LogP contribution is 2.10. The molecule has 0 saturated carbocycles. The van der Waals surface area contributed by atoms with Crippen LogP contribution in [0.1, 0.15) is 21.3 Å². The van der Waals surface area contributed by atoms with Gasteiger partial charge >= 0.3 is 12.4 Å². The highest BCUT2D eigenvalue weighted by molar-refractivity contribution is 4.26. The Morgan fingerprint density at radius 3 is 0.636 bits per heavy atom. The van der Waals surface area contributed by atoms with Gasteiger partial charge in [0.2, 0.25) is 0 Å². The van der Waals surface area contributed by atoms with E-state index >= 15 is 0 Å². The van der Waals surface area contributed by atoms with E-state index < -0.39 is 12.4 Å². The van der Waals surface area contributed by atoms with Crippen molar-refractivity contribution in [1.29, 1.82) is 0 Å². The Balaban J connectivity index is -0.000000107. The smallest absolute Gasteiger partial charge is 0.172 e. The number of hydrogen-bond donors (Lipinski definition) is 0. The van der Waals surface area contributed by atoms with Crippen LogP contribution < -0.4 is 0 Å². The number of rotatable bonds is 0. The average Bonchev–Trinajstić information content (AvgIpc) is 1.12. The van der Waals surface area contributed by atoms with Crippen LogP contribution in [0.2, 0.25) is 0 Å². The first-order valence-electron chi connectivity index (χ1n) is 2.13. The molecule has 0 aromatic heterocycles. The van der Waals surface area contributed by atoms with Crippen molar-refractivity contribution in [3.8, 4) is 0 Å². The first kappa shape index (κ1) is 16.9. The van der Waals surface area contributed by atoms with Gasteiger partial charge < -0.3 is 0 Å². The molecule has 6 heteroatoms. The van der Waals surface area contributed by atoms with Gasteiger partial charge in [-0.1, -0.05) is 7.43 Å². The summed E-state index contributed by atoms with van der Waals surface area (Å²) in [4.78, 5) is 0. The van der Waals surface area contributed by atoms with E-state index in [1.54, 1.807) is 0 Å². The fraction of sp³-hybridized carbons (Fsp3) is 1.00. The lowest BCUT2D eigenvalue weighted by Crippen LogP contribution is -1.95. The number of alkyl halides is 6. The summed E-state index contributed by atoms with van der Waals surface area (Å²) in [6.07, 6.45) is -8.00. The van der Waals surface area contributed by atoms with Crippen LogP contribution in [0.3, 0.4) is 0 Å². The first-order chi connectivity index (χ1) is 4.00. The Hall–Kier alpha value is -0.420. The summed E-state index contributed by atoms with van der Waals surface area (Å²) in [7, 11) is 0. The van der Waals surface area contributed by atoms with E-state index in [9.17, 15) is 26.3 Å². The lowest BCUT2D eigenvalue weighted by Gasteiger charge is -1.88. The summed E-state index contributed by atoms with van der Waals surface area (Å²) in [6, 6.07) is 0. The number of hydrogen-bond acceptors (Lipinski definition) is 0. The van der Waals surface area contributed by atoms with E-state index in [1.165, 1.54) is 0 Å². The van der Waals surface area contributed by atoms with Crippen molar-refractivity contribution in [3.05, 3.63) is 0 Å². The Kier molecular flexibility index (Phi) is 8.08. The average molecular weight is 184 g/mol. The van der Waals surface area contributed by atoms with Gasteiger partial charge in [-0.2, -0.15) is 26.3 Å². The van der Waals surface area contributed by atoms with Crippen LogP contribution in [-0.4, -0.2) is 12.4 Å². The first-order valence-corrected chi connectivity index (χ1v) is 2.13. The number of halogens is 6. The van der Waals surface area contributed by atoms with E-state index in [2.05, 4.69) is 0 Å². The second kappa shape index (κ2) is 5.26. The zero-order valence-corrected chi connectivity index (χ0v) is 5.27. The van der Waals surface area contributed by atoms with Crippen molar-refractivity contribution in [2.75, 3.05) is 0 Å². The summed E-state index contributed by atoms with van der Waals surface area (Å²) in [5, 5.41) is 0. The SMILES string of the molecule is C.CC(F)(F)F.CC(F)(F)F. The Labute approximate surface area is 61.2 Å². The van der Waals surface area contributed by atoms with Gasteiger partial charge in [-0.25, -0.2) is 0 Å². The van der Waals surface area contributed by atoms with Crippen LogP contribution in [0.15, 0.2) is 0 Å². The lowest BCUT2D eigenvalue weighted by atomic mass is 10.8. The fourth-order valence-corrected chi connectivity index (χ4v) is 0. The van der Waals surface area contributed by atoms with Crippen molar-refractivity contribution in [1.82, 2.24) is 0 Å². The van der Waals surface area contributed by atoms with Crippen LogP contribution in [0, 0.1) is 0 Å². The van der Waals surface area contributed by atoms with Crippen LogP contribution in [0.4, 0.5) is 26.3 Å². The molecule has 72 valence electrons. The van der Waals surface area contributed by atoms with Gasteiger partial charge in [-0.05, 0) is 0 Å². The zero-order chi connectivity index (χ0) is 9.00. The predicted octanol–water partition coefficient (Wildman–Crippen LogP) is 3.77. The molecule has 0 aliphatic carbocycles. The third-order valence-corrected chi connectivity index (χ3v) is 0. The summed E-state index contributed by atoms with van der Waals surface area (Å²) < 4.78 is 62.1. The maximum Gasteiger partial charge on any atom is 0.386 e. The molecular formula is C5H10F6. The molecule has 11 heavy (non-hydrogen) atoms. The Bertz CT molecular complexity index is 54.0. The maximum absolute atomic E-state index is 10.4. The molecule has 0 unspecified atom stereocenters. The monoisotopic (exact) mass is 184 g/mol. The second-order valence-electron chi connectivity index (χ2n) is 1.56. The minimum Gasteiger partial charge on any atom is -0.172 e. The van der Waals surface area contributed by atoms with E-state index in [0.717, 1.165) is 0 Å². The Morgan fingerprint density at radius 1 is 0.636 bits per heavy atom. The van der Waals surface area contributed by atoms with E-state index in [0.29, 0.717) is 0 Å². The largest absolute Gasteiger partial charge is 0.386 e. The van der Waals surface area contributed by atoms with Gasteiger partial charge in [0.05, 0.1) is 0 Å². The highest BCUT2D eigenvalue weighted by atomic mass is 19.4. The standard InChI is InChI=1S/2C2H3F3.CH4/c2*1-2(3,4)5;/h2*1H3;1H4. The van der Waals surface area contributed by atoms with E-state index in [1.807, 2.05) is 0 Å². The minimum absolute atomic E-state index is 0. The van der Waals surface area contributed by atoms with Crippen molar-refractivity contribution in [2.24, 2.45) is 0 Å². The molecule has 0 aliphatic rings. The van der Waals surface area contributed by atoms with Gasteiger partial charge in [0.1, 0.15) is 0 Å². The third-order valence-electron chi connectivity index (χ3n) is 0. The minimum atomic E-state index is -4.00. The van der Waals surface area contributed by atoms with Crippen LogP contribution in [-0.2, 0) is 0 Å². The molecule has 0 atom stereocenters. The van der Waals surface area contributed by atoms with Crippen molar-refractivity contribution >= 4 is 0 Å². The zero-order valence-electron chi connectivity index (χ0n) is 5.27. The Morgan fingerprint density at radius 2 is 0.636 bits per heavy atom. The molecule has 0 bridgehead atoms. The van der Waals surface area contributed by atoms with Gasteiger partial charge in [-0.15, -0.1) is 0 Å². The molecule has 0 heterocycles. The molecule has 0 fully saturated rings. The quantitative estimate of drug-likeness (QED) is 0.502. The van der Waals surface area contributed by atoms with Crippen LogP contribution in [0.25, 0.3) is 0 Å². The third kappa shape index (κ3) is 3120. The molecule has 0 nitrogen and oxygen atoms in total. The summed E-state index contributed by atoms with van der Waals surface area (Å²) >= 11 is 0. The molecule has 0 spiro atoms. The molecule has 0 saturated heterocycles. The maximum atomic E-state index is 10.4. The van der Waals surface area contributed by atoms with Gasteiger partial charge in [0, 0.05) is 13.8 Å². The van der Waals surface area contributed by atoms with E-state index in [-0.39, 0.29) is 21.3 Å². The highest BCUT2D eigenvalue weighted by Gasteiger charge is 2.16. The van der Waals surface area contributed by atoms with Crippen molar-refractivity contribution in [2.45, 2.75) is 33.6 Å². The van der Waals surface area contributed by atoms with Gasteiger partial charge in [0.25, 0.3) is 0 Å². The molecule has 0 amide bonds. The van der Waals surface area contributed by atoms with Crippen molar-refractivity contribution < 1.29 is 26.3 Å². The molecule has 0 rings (SSSR count). The molecule has 0 aliphatic heterocycles. The molecule has 0 aromatic carbocycles. The molecule has 0 radical (unpaired) electrons. The molecule has 0 aromatic rings. The molecule has 0 N–H and O–H groups in total. The summed E-state index contributed by atoms with van der Waals surface area (Å²) in [5.74, 6) is 0. The van der Waals surface area contributed by atoms with E-state index in [4.69, 9.17) is 0 Å². The van der Waals surface area contributed by atoms with Gasteiger partial charge in [0.15, 0.2) is 0 Å². The van der Waals surface area contributed by atoms with Crippen LogP contribution in [0.5, 0.6) is 0 Å².